The molecule has 0 N–H and O–H groups in total. The van der Waals surface area contributed by atoms with E-state index in [0.717, 1.165) is 10.5 Å². The van der Waals surface area contributed by atoms with Gasteiger partial charge in [-0.15, -0.1) is 11.8 Å². The maximum Gasteiger partial charge on any atom is 0.338 e. The second kappa shape index (κ2) is 10.4. The van der Waals surface area contributed by atoms with Crippen LogP contribution in [-0.2, 0) is 9.53 Å². The fourth-order valence-corrected chi connectivity index (χ4v) is 6.00. The summed E-state index contributed by atoms with van der Waals surface area (Å²) < 4.78 is 13.0. The predicted octanol–water partition coefficient (Wildman–Crippen LogP) is 5.70. The van der Waals surface area contributed by atoms with E-state index in [1.54, 1.807) is 59.7 Å². The molecule has 2 aromatic heterocycles. The number of hydrogen-bond acceptors (Lipinski definition) is 7. The third-order valence-corrected chi connectivity index (χ3v) is 8.24. The van der Waals surface area contributed by atoms with Gasteiger partial charge in [0.2, 0.25) is 0 Å². The van der Waals surface area contributed by atoms with E-state index in [0.29, 0.717) is 47.7 Å². The Bertz CT molecular complexity index is 1730. The SMILES string of the molecule is COC(=O)C1=C(C)N=c2s/c(=C/c3ccc(-c4cc(Cl)ccc4Cl)o3)c(=O)n2[C@@H]1c1ccc(SC)cc1. The van der Waals surface area contributed by atoms with Crippen molar-refractivity contribution < 1.29 is 13.9 Å². The van der Waals surface area contributed by atoms with Crippen LogP contribution < -0.4 is 14.9 Å². The Morgan fingerprint density at radius 3 is 2.62 bits per heavy atom. The van der Waals surface area contributed by atoms with E-state index in [2.05, 4.69) is 4.99 Å². The van der Waals surface area contributed by atoms with Crippen molar-refractivity contribution in [1.29, 1.82) is 0 Å². The maximum absolute atomic E-state index is 13.7. The van der Waals surface area contributed by atoms with Crippen LogP contribution in [0.15, 0.2) is 85.0 Å². The van der Waals surface area contributed by atoms with E-state index in [4.69, 9.17) is 32.4 Å². The average molecular weight is 572 g/mol. The summed E-state index contributed by atoms with van der Waals surface area (Å²) in [6.45, 7) is 1.75. The number of ether oxygens (including phenoxy) is 1. The first-order valence-electron chi connectivity index (χ1n) is 11.1. The molecule has 1 atom stereocenters. The molecule has 6 nitrogen and oxygen atoms in total. The van der Waals surface area contributed by atoms with E-state index < -0.39 is 12.0 Å². The summed E-state index contributed by atoms with van der Waals surface area (Å²) in [5, 5.41) is 1.04. The summed E-state index contributed by atoms with van der Waals surface area (Å²) in [7, 11) is 1.32. The van der Waals surface area contributed by atoms with E-state index in [9.17, 15) is 9.59 Å². The number of allylic oxidation sites excluding steroid dienone is 1. The van der Waals surface area contributed by atoms with E-state index in [1.807, 2.05) is 30.5 Å². The number of hydrogen-bond donors (Lipinski definition) is 0. The van der Waals surface area contributed by atoms with Gasteiger partial charge in [0.05, 0.1) is 34.0 Å². The summed E-state index contributed by atoms with van der Waals surface area (Å²) in [4.78, 5) is 32.6. The standard InChI is InChI=1S/C27H20Cl2N2O4S2/c1-14-23(26(33)34-2)24(15-4-8-18(36-3)9-5-15)31-25(32)22(37-27(31)30-14)13-17-7-11-21(35-17)19-12-16(28)6-10-20(19)29/h4-13,24H,1-3H3/b22-13+/t24-/m1/s1. The Labute approximate surface area is 230 Å². The van der Waals surface area contributed by atoms with Gasteiger partial charge in [-0.1, -0.05) is 46.7 Å². The van der Waals surface area contributed by atoms with Crippen LogP contribution in [0.2, 0.25) is 10.0 Å². The maximum atomic E-state index is 13.7. The molecule has 0 saturated heterocycles. The van der Waals surface area contributed by atoms with Crippen molar-refractivity contribution in [2.24, 2.45) is 4.99 Å². The molecule has 1 aliphatic heterocycles. The van der Waals surface area contributed by atoms with Crippen molar-refractivity contribution >= 4 is 58.3 Å². The van der Waals surface area contributed by atoms with Gasteiger partial charge < -0.3 is 9.15 Å². The number of aromatic nitrogens is 1. The minimum absolute atomic E-state index is 0.282. The smallest absolute Gasteiger partial charge is 0.338 e. The Balaban J connectivity index is 1.64. The number of thiazole rings is 1. The van der Waals surface area contributed by atoms with Crippen molar-refractivity contribution in [3.63, 3.8) is 0 Å². The number of furan rings is 1. The van der Waals surface area contributed by atoms with Crippen molar-refractivity contribution in [2.75, 3.05) is 13.4 Å². The highest BCUT2D eigenvalue weighted by atomic mass is 35.5. The van der Waals surface area contributed by atoms with Crippen molar-refractivity contribution in [2.45, 2.75) is 17.9 Å². The summed E-state index contributed by atoms with van der Waals surface area (Å²) in [5.74, 6) is 0.478. The second-order valence-corrected chi connectivity index (χ2v) is 10.9. The van der Waals surface area contributed by atoms with Gasteiger partial charge in [0.15, 0.2) is 4.80 Å². The van der Waals surface area contributed by atoms with E-state index in [1.165, 1.54) is 18.4 Å². The Morgan fingerprint density at radius 2 is 1.92 bits per heavy atom. The molecular weight excluding hydrogens is 551 g/mol. The molecule has 0 aliphatic carbocycles. The van der Waals surface area contributed by atoms with Crippen LogP contribution in [0.3, 0.4) is 0 Å². The van der Waals surface area contributed by atoms with Crippen LogP contribution in [0.1, 0.15) is 24.3 Å². The lowest BCUT2D eigenvalue weighted by molar-refractivity contribution is -0.136. The van der Waals surface area contributed by atoms with E-state index in [-0.39, 0.29) is 5.56 Å². The topological polar surface area (TPSA) is 73.8 Å². The quantitative estimate of drug-likeness (QED) is 0.227. The fourth-order valence-electron chi connectivity index (χ4n) is 4.18. The van der Waals surface area contributed by atoms with Crippen LogP contribution in [0.25, 0.3) is 17.4 Å². The van der Waals surface area contributed by atoms with Gasteiger partial charge in [-0.3, -0.25) is 9.36 Å². The molecule has 0 amide bonds. The first-order chi connectivity index (χ1) is 17.8. The highest BCUT2D eigenvalue weighted by Gasteiger charge is 2.33. The molecule has 0 radical (unpaired) electrons. The summed E-state index contributed by atoms with van der Waals surface area (Å²) in [5.41, 5.74) is 2.00. The highest BCUT2D eigenvalue weighted by Crippen LogP contribution is 2.33. The molecule has 5 rings (SSSR count). The monoisotopic (exact) mass is 570 g/mol. The summed E-state index contributed by atoms with van der Waals surface area (Å²) >= 11 is 15.3. The number of esters is 1. The van der Waals surface area contributed by atoms with Gasteiger partial charge in [-0.05, 0) is 61.2 Å². The minimum Gasteiger partial charge on any atom is -0.466 e. The largest absolute Gasteiger partial charge is 0.466 e. The zero-order chi connectivity index (χ0) is 26.3. The predicted molar refractivity (Wildman–Crippen MR) is 148 cm³/mol. The molecule has 1 aliphatic rings. The van der Waals surface area contributed by atoms with Gasteiger partial charge in [0.1, 0.15) is 11.5 Å². The third kappa shape index (κ3) is 4.82. The zero-order valence-corrected chi connectivity index (χ0v) is 23.1. The van der Waals surface area contributed by atoms with Crippen LogP contribution >= 0.6 is 46.3 Å². The minimum atomic E-state index is -0.667. The number of carbonyl (C=O) groups excluding carboxylic acids is 1. The Hall–Kier alpha value is -3.04. The molecule has 3 heterocycles. The number of methoxy groups -OCH3 is 1. The number of halogens is 2. The molecule has 0 bridgehead atoms. The zero-order valence-electron chi connectivity index (χ0n) is 20.0. The molecular formula is C27H20Cl2N2O4S2. The van der Waals surface area contributed by atoms with Gasteiger partial charge >= 0.3 is 5.97 Å². The van der Waals surface area contributed by atoms with Crippen molar-refractivity contribution in [1.82, 2.24) is 4.57 Å². The first kappa shape index (κ1) is 25.6. The number of nitrogens with zero attached hydrogens (tertiary/aromatic N) is 2. The van der Waals surface area contributed by atoms with Gasteiger partial charge in [0.25, 0.3) is 5.56 Å². The number of benzene rings is 2. The summed E-state index contributed by atoms with van der Waals surface area (Å²) in [6, 6.07) is 15.8. The van der Waals surface area contributed by atoms with Gasteiger partial charge in [-0.25, -0.2) is 9.79 Å². The fraction of sp³-hybridized carbons (Fsp3) is 0.148. The average Bonchev–Trinajstić information content (AvgIpc) is 3.48. The first-order valence-corrected chi connectivity index (χ1v) is 13.9. The molecule has 4 aromatic rings. The normalized spacial score (nSPS) is 15.5. The summed E-state index contributed by atoms with van der Waals surface area (Å²) in [6.07, 6.45) is 3.65. The molecule has 0 fully saturated rings. The number of carbonyl (C=O) groups is 1. The lowest BCUT2D eigenvalue weighted by Gasteiger charge is -2.24. The second-order valence-electron chi connectivity index (χ2n) is 8.17. The lowest BCUT2D eigenvalue weighted by Crippen LogP contribution is -2.39. The third-order valence-electron chi connectivity index (χ3n) is 5.95. The van der Waals surface area contributed by atoms with Crippen LogP contribution in [0.4, 0.5) is 0 Å². The lowest BCUT2D eigenvalue weighted by atomic mass is 9.96. The van der Waals surface area contributed by atoms with Crippen LogP contribution in [0.5, 0.6) is 0 Å². The van der Waals surface area contributed by atoms with E-state index >= 15 is 0 Å². The highest BCUT2D eigenvalue weighted by molar-refractivity contribution is 7.98. The molecule has 0 saturated carbocycles. The van der Waals surface area contributed by atoms with Crippen molar-refractivity contribution in [3.8, 4) is 11.3 Å². The molecule has 37 heavy (non-hydrogen) atoms. The van der Waals surface area contributed by atoms with Crippen molar-refractivity contribution in [3.05, 3.63) is 107 Å². The van der Waals surface area contributed by atoms with Gasteiger partial charge in [-0.2, -0.15) is 0 Å². The molecule has 10 heteroatoms. The van der Waals surface area contributed by atoms with Crippen LogP contribution in [-0.4, -0.2) is 23.9 Å². The Kier molecular flexibility index (Phi) is 7.18. The molecule has 188 valence electrons. The number of thioether (sulfide) groups is 1. The number of rotatable bonds is 5. The molecule has 0 unspecified atom stereocenters. The van der Waals surface area contributed by atoms with Gasteiger partial charge in [0, 0.05) is 21.6 Å². The van der Waals surface area contributed by atoms with Crippen LogP contribution in [0, 0.1) is 0 Å². The number of fused-ring (bicyclic) bond motifs is 1. The molecule has 2 aromatic carbocycles. The molecule has 0 spiro atoms. The Morgan fingerprint density at radius 1 is 1.16 bits per heavy atom.